The molecule has 0 aromatic heterocycles. The van der Waals surface area contributed by atoms with Gasteiger partial charge < -0.3 is 4.74 Å². The Labute approximate surface area is 112 Å². The van der Waals surface area contributed by atoms with Gasteiger partial charge in [-0.2, -0.15) is 0 Å². The molecule has 0 bridgehead atoms. The zero-order valence-electron chi connectivity index (χ0n) is 11.1. The summed E-state index contributed by atoms with van der Waals surface area (Å²) in [6.07, 6.45) is 0. The van der Waals surface area contributed by atoms with Crippen molar-refractivity contribution in [1.82, 2.24) is 4.90 Å². The number of hydrogen-bond acceptors (Lipinski definition) is 3. The van der Waals surface area contributed by atoms with Crippen LogP contribution in [0.4, 0.5) is 0 Å². The second-order valence-corrected chi connectivity index (χ2v) is 5.21. The number of esters is 1. The van der Waals surface area contributed by atoms with Crippen molar-refractivity contribution in [3.63, 3.8) is 0 Å². The summed E-state index contributed by atoms with van der Waals surface area (Å²) >= 11 is 0. The van der Waals surface area contributed by atoms with E-state index in [4.69, 9.17) is 4.74 Å². The van der Waals surface area contributed by atoms with E-state index < -0.39 is 5.60 Å². The van der Waals surface area contributed by atoms with Gasteiger partial charge in [0.1, 0.15) is 5.60 Å². The Hall–Kier alpha value is 0.0274. The van der Waals surface area contributed by atoms with Gasteiger partial charge >= 0.3 is 24.8 Å². The van der Waals surface area contributed by atoms with Crippen LogP contribution in [0.3, 0.4) is 0 Å². The molecule has 0 aliphatic heterocycles. The first-order valence-electron chi connectivity index (χ1n) is 5.61. The predicted octanol–water partition coefficient (Wildman–Crippen LogP) is 1.80. The van der Waals surface area contributed by atoms with Crippen molar-refractivity contribution in [2.75, 3.05) is 6.54 Å². The zero-order valence-corrected chi connectivity index (χ0v) is 11.1. The normalized spacial score (nSPS) is 11.9. The van der Waals surface area contributed by atoms with Crippen molar-refractivity contribution in [2.45, 2.75) is 66.2 Å². The molecule has 3 nitrogen and oxygen atoms in total. The fourth-order valence-corrected chi connectivity index (χ4v) is 1.82. The third-order valence-electron chi connectivity index (χ3n) is 2.31. The number of carbonyl (C=O) groups excluding carboxylic acids is 1. The maximum atomic E-state index is 10.9. The number of nitrogens with zero attached hydrogens (tertiary/aromatic N) is 1. The second-order valence-electron chi connectivity index (χ2n) is 5.21. The fraction of sp³-hybridized carbons (Fsp3) is 0.917. The van der Waals surface area contributed by atoms with Gasteiger partial charge in [0, 0.05) is 25.6 Å². The van der Waals surface area contributed by atoms with E-state index in [2.05, 4.69) is 32.6 Å². The monoisotopic (exact) mass is 223 g/mol. The first-order valence-corrected chi connectivity index (χ1v) is 5.61. The molecule has 0 heterocycles. The minimum absolute atomic E-state index is 0. The van der Waals surface area contributed by atoms with Crippen molar-refractivity contribution < 1.29 is 9.53 Å². The first-order chi connectivity index (χ1) is 6.65. The predicted molar refractivity (Wildman–Crippen MR) is 70.0 cm³/mol. The van der Waals surface area contributed by atoms with Crippen LogP contribution in [0.15, 0.2) is 0 Å². The van der Waals surface area contributed by atoms with E-state index >= 15 is 0 Å². The summed E-state index contributed by atoms with van der Waals surface area (Å²) in [4.78, 5) is 13.3. The molecule has 0 amide bonds. The van der Waals surface area contributed by atoms with E-state index in [9.17, 15) is 4.79 Å². The van der Waals surface area contributed by atoms with Crippen LogP contribution in [-0.4, -0.2) is 54.0 Å². The first kappa shape index (κ1) is 18.4. The number of rotatable bonds is 5. The van der Waals surface area contributed by atoms with E-state index in [1.54, 1.807) is 0 Å². The van der Waals surface area contributed by atoms with E-state index in [1.807, 2.05) is 13.8 Å². The molecule has 0 saturated heterocycles. The summed E-state index contributed by atoms with van der Waals surface area (Å²) in [7, 11) is 0. The Balaban J connectivity index is 0. The topological polar surface area (TPSA) is 29.5 Å². The summed E-state index contributed by atoms with van der Waals surface area (Å²) in [5, 5.41) is 0. The van der Waals surface area contributed by atoms with Crippen molar-refractivity contribution in [3.8, 4) is 0 Å². The van der Waals surface area contributed by atoms with Gasteiger partial charge in [-0.3, -0.25) is 9.69 Å². The van der Waals surface area contributed by atoms with Crippen molar-refractivity contribution in [1.29, 1.82) is 0 Å². The summed E-state index contributed by atoms with van der Waals surface area (Å²) in [6, 6.07) is 0.916. The van der Waals surface area contributed by atoms with Crippen molar-refractivity contribution in [2.24, 2.45) is 0 Å². The molecule has 4 heteroatoms. The van der Waals surface area contributed by atoms with Gasteiger partial charge in [0.05, 0.1) is 0 Å². The van der Waals surface area contributed by atoms with Gasteiger partial charge in [0.15, 0.2) is 0 Å². The Bertz CT molecular complexity index is 207. The molecule has 0 saturated carbocycles. The van der Waals surface area contributed by atoms with Crippen LogP contribution in [0.5, 0.6) is 0 Å². The molecule has 0 aromatic carbocycles. The number of carbonyl (C=O) groups is 1. The Morgan fingerprint density at radius 2 is 1.56 bits per heavy atom. The van der Waals surface area contributed by atoms with Gasteiger partial charge in [0.25, 0.3) is 0 Å². The average Bonchev–Trinajstić information content (AvgIpc) is 1.96. The minimum atomic E-state index is -0.416. The summed E-state index contributed by atoms with van der Waals surface area (Å²) in [5.41, 5.74) is -0.416. The van der Waals surface area contributed by atoms with Crippen LogP contribution in [0.25, 0.3) is 0 Å². The van der Waals surface area contributed by atoms with E-state index in [1.165, 1.54) is 6.92 Å². The van der Waals surface area contributed by atoms with E-state index in [0.29, 0.717) is 12.1 Å². The molecule has 0 fully saturated rings. The number of hydrogen-bond donors (Lipinski definition) is 0. The van der Waals surface area contributed by atoms with Gasteiger partial charge in [-0.05, 0) is 41.5 Å². The summed E-state index contributed by atoms with van der Waals surface area (Å²) in [5.74, 6) is -0.215. The second kappa shape index (κ2) is 7.37. The van der Waals surface area contributed by atoms with Crippen molar-refractivity contribution in [3.05, 3.63) is 0 Å². The molecule has 0 atom stereocenters. The molecule has 0 spiro atoms. The molecule has 0 rings (SSSR count). The summed E-state index contributed by atoms with van der Waals surface area (Å²) in [6.45, 7) is 14.7. The molecule has 0 unspecified atom stereocenters. The molecular formula is C12H26LiNO2. The van der Waals surface area contributed by atoms with Gasteiger partial charge in [-0.25, -0.2) is 0 Å². The van der Waals surface area contributed by atoms with Crippen LogP contribution in [0, 0.1) is 0 Å². The molecule has 0 aromatic rings. The molecule has 0 radical (unpaired) electrons. The maximum absolute atomic E-state index is 10.9. The Morgan fingerprint density at radius 1 is 1.19 bits per heavy atom. The van der Waals surface area contributed by atoms with Gasteiger partial charge in [-0.1, -0.05) is 0 Å². The molecule has 92 valence electrons. The quantitative estimate of drug-likeness (QED) is 0.526. The zero-order chi connectivity index (χ0) is 12.2. The standard InChI is InChI=1S/C12H25NO2.Li.H/c1-9(2)13(10(3)4)8-12(6,7)15-11(5)14;;/h9-10H,8H2,1-7H3;;. The SMILES string of the molecule is CC(=O)OC(C)(C)CN(C(C)C)C(C)C.[LiH]. The molecule has 0 aliphatic carbocycles. The van der Waals surface area contributed by atoms with Gasteiger partial charge in [0.2, 0.25) is 0 Å². The fourth-order valence-electron chi connectivity index (χ4n) is 1.82. The number of ether oxygens (including phenoxy) is 1. The third-order valence-corrected chi connectivity index (χ3v) is 2.31. The van der Waals surface area contributed by atoms with E-state index in [-0.39, 0.29) is 24.8 Å². The molecule has 0 N–H and O–H groups in total. The van der Waals surface area contributed by atoms with Crippen LogP contribution in [-0.2, 0) is 9.53 Å². The average molecular weight is 223 g/mol. The molecule has 16 heavy (non-hydrogen) atoms. The van der Waals surface area contributed by atoms with E-state index in [0.717, 1.165) is 6.54 Å². The van der Waals surface area contributed by atoms with Crippen LogP contribution in [0.1, 0.15) is 48.5 Å². The Morgan fingerprint density at radius 3 is 1.81 bits per heavy atom. The third kappa shape index (κ3) is 7.33. The summed E-state index contributed by atoms with van der Waals surface area (Å²) < 4.78 is 5.29. The van der Waals surface area contributed by atoms with Crippen LogP contribution >= 0.6 is 0 Å². The van der Waals surface area contributed by atoms with Crippen LogP contribution < -0.4 is 0 Å². The molecule has 0 aliphatic rings. The van der Waals surface area contributed by atoms with Crippen molar-refractivity contribution >= 4 is 24.8 Å². The van der Waals surface area contributed by atoms with Gasteiger partial charge in [-0.15, -0.1) is 0 Å². The molecular weight excluding hydrogens is 197 g/mol. The Kier molecular flexibility index (Phi) is 8.48. The van der Waals surface area contributed by atoms with Crippen LogP contribution in [0.2, 0.25) is 0 Å².